The SMILES string of the molecule is Cc1ccccc1OCCCC(=O)NC(CO)C(=O)O. The summed E-state index contributed by atoms with van der Waals surface area (Å²) >= 11 is 0. The number of hydrogen-bond acceptors (Lipinski definition) is 4. The molecule has 0 saturated heterocycles. The number of ether oxygens (including phenoxy) is 1. The normalized spacial score (nSPS) is 11.7. The van der Waals surface area contributed by atoms with Gasteiger partial charge in [-0.2, -0.15) is 0 Å². The molecule has 110 valence electrons. The highest BCUT2D eigenvalue weighted by molar-refractivity contribution is 5.83. The van der Waals surface area contributed by atoms with Crippen molar-refractivity contribution in [2.45, 2.75) is 25.8 Å². The summed E-state index contributed by atoms with van der Waals surface area (Å²) < 4.78 is 5.52. The van der Waals surface area contributed by atoms with Gasteiger partial charge in [0.1, 0.15) is 11.8 Å². The molecule has 0 aliphatic rings. The summed E-state index contributed by atoms with van der Waals surface area (Å²) in [6.45, 7) is 1.68. The van der Waals surface area contributed by atoms with Gasteiger partial charge in [-0.3, -0.25) is 4.79 Å². The minimum absolute atomic E-state index is 0.148. The molecule has 1 aromatic rings. The molecule has 3 N–H and O–H groups in total. The summed E-state index contributed by atoms with van der Waals surface area (Å²) in [4.78, 5) is 22.1. The van der Waals surface area contributed by atoms with Crippen LogP contribution >= 0.6 is 0 Å². The van der Waals surface area contributed by atoms with Gasteiger partial charge in [0.2, 0.25) is 5.91 Å². The van der Waals surface area contributed by atoms with Gasteiger partial charge in [-0.25, -0.2) is 4.79 Å². The van der Waals surface area contributed by atoms with Gasteiger partial charge in [-0.1, -0.05) is 18.2 Å². The zero-order valence-corrected chi connectivity index (χ0v) is 11.3. The lowest BCUT2D eigenvalue weighted by Gasteiger charge is -2.12. The Morgan fingerprint density at radius 3 is 2.65 bits per heavy atom. The Bertz CT molecular complexity index is 461. The Hall–Kier alpha value is -2.08. The molecule has 1 unspecified atom stereocenters. The van der Waals surface area contributed by atoms with Gasteiger partial charge in [0.15, 0.2) is 0 Å². The van der Waals surface area contributed by atoms with Gasteiger partial charge < -0.3 is 20.3 Å². The van der Waals surface area contributed by atoms with Crippen LogP contribution in [0.3, 0.4) is 0 Å². The van der Waals surface area contributed by atoms with E-state index < -0.39 is 24.5 Å². The number of aliphatic hydroxyl groups is 1. The smallest absolute Gasteiger partial charge is 0.328 e. The first-order valence-electron chi connectivity index (χ1n) is 6.36. The molecule has 6 heteroatoms. The van der Waals surface area contributed by atoms with Crippen LogP contribution in [0.2, 0.25) is 0 Å². The number of carboxylic acids is 1. The van der Waals surface area contributed by atoms with E-state index in [9.17, 15) is 9.59 Å². The monoisotopic (exact) mass is 281 g/mol. The van der Waals surface area contributed by atoms with Gasteiger partial charge in [-0.15, -0.1) is 0 Å². The number of benzene rings is 1. The number of rotatable bonds is 8. The average Bonchev–Trinajstić information content (AvgIpc) is 2.42. The Morgan fingerprint density at radius 2 is 2.05 bits per heavy atom. The van der Waals surface area contributed by atoms with Crippen molar-refractivity contribution in [2.24, 2.45) is 0 Å². The van der Waals surface area contributed by atoms with Gasteiger partial charge >= 0.3 is 5.97 Å². The number of nitrogens with one attached hydrogen (secondary N) is 1. The molecule has 0 spiro atoms. The van der Waals surface area contributed by atoms with Crippen molar-refractivity contribution in [1.29, 1.82) is 0 Å². The van der Waals surface area contributed by atoms with Crippen LogP contribution in [0.1, 0.15) is 18.4 Å². The van der Waals surface area contributed by atoms with Crippen molar-refractivity contribution in [3.63, 3.8) is 0 Å². The number of para-hydroxylation sites is 1. The van der Waals surface area contributed by atoms with E-state index in [0.717, 1.165) is 11.3 Å². The van der Waals surface area contributed by atoms with Crippen LogP contribution in [0.15, 0.2) is 24.3 Å². The Labute approximate surface area is 117 Å². The highest BCUT2D eigenvalue weighted by atomic mass is 16.5. The van der Waals surface area contributed by atoms with E-state index in [1.807, 2.05) is 31.2 Å². The number of amides is 1. The topological polar surface area (TPSA) is 95.9 Å². The summed E-state index contributed by atoms with van der Waals surface area (Å²) in [5.74, 6) is -0.900. The van der Waals surface area contributed by atoms with Gasteiger partial charge in [0.05, 0.1) is 13.2 Å². The van der Waals surface area contributed by atoms with Crippen molar-refractivity contribution in [1.82, 2.24) is 5.32 Å². The number of aliphatic hydroxyl groups excluding tert-OH is 1. The molecule has 0 aromatic heterocycles. The zero-order valence-electron chi connectivity index (χ0n) is 11.3. The lowest BCUT2D eigenvalue weighted by atomic mass is 10.2. The maximum atomic E-state index is 11.5. The second-order valence-corrected chi connectivity index (χ2v) is 4.36. The number of carboxylic acid groups (broad SMARTS) is 1. The summed E-state index contributed by atoms with van der Waals surface area (Å²) in [5.41, 5.74) is 1.02. The maximum absolute atomic E-state index is 11.5. The highest BCUT2D eigenvalue weighted by Crippen LogP contribution is 2.16. The third-order valence-corrected chi connectivity index (χ3v) is 2.72. The minimum atomic E-state index is -1.25. The van der Waals surface area contributed by atoms with Crippen LogP contribution in [-0.2, 0) is 9.59 Å². The third-order valence-electron chi connectivity index (χ3n) is 2.72. The van der Waals surface area contributed by atoms with Crippen LogP contribution in [-0.4, -0.2) is 41.3 Å². The Morgan fingerprint density at radius 1 is 1.35 bits per heavy atom. The molecule has 0 aliphatic heterocycles. The third kappa shape index (κ3) is 5.27. The number of aliphatic carboxylic acids is 1. The first kappa shape index (κ1) is 16.0. The fourth-order valence-electron chi connectivity index (χ4n) is 1.59. The molecular weight excluding hydrogens is 262 g/mol. The second-order valence-electron chi connectivity index (χ2n) is 4.36. The zero-order chi connectivity index (χ0) is 15.0. The van der Waals surface area contributed by atoms with Crippen LogP contribution < -0.4 is 10.1 Å². The largest absolute Gasteiger partial charge is 0.493 e. The summed E-state index contributed by atoms with van der Waals surface area (Å²) in [6.07, 6.45) is 0.619. The van der Waals surface area contributed by atoms with Gasteiger partial charge in [-0.05, 0) is 25.0 Å². The molecular formula is C14H19NO5. The van der Waals surface area contributed by atoms with Crippen LogP contribution in [0.4, 0.5) is 0 Å². The standard InChI is InChI=1S/C14H19NO5/c1-10-5-2-3-6-12(10)20-8-4-7-13(17)15-11(9-16)14(18)19/h2-3,5-6,11,16H,4,7-9H2,1H3,(H,15,17)(H,18,19). The Balaban J connectivity index is 2.26. The van der Waals surface area contributed by atoms with E-state index in [4.69, 9.17) is 14.9 Å². The van der Waals surface area contributed by atoms with E-state index in [-0.39, 0.29) is 6.42 Å². The van der Waals surface area contributed by atoms with Crippen molar-refractivity contribution in [2.75, 3.05) is 13.2 Å². The molecule has 0 radical (unpaired) electrons. The predicted molar refractivity (Wildman–Crippen MR) is 72.6 cm³/mol. The molecule has 0 fully saturated rings. The lowest BCUT2D eigenvalue weighted by molar-refractivity contribution is -0.142. The molecule has 6 nitrogen and oxygen atoms in total. The first-order valence-corrected chi connectivity index (χ1v) is 6.36. The van der Waals surface area contributed by atoms with E-state index in [1.165, 1.54) is 0 Å². The van der Waals surface area contributed by atoms with Crippen LogP contribution in [0.5, 0.6) is 5.75 Å². The van der Waals surface area contributed by atoms with Crippen molar-refractivity contribution < 1.29 is 24.5 Å². The average molecular weight is 281 g/mol. The highest BCUT2D eigenvalue weighted by Gasteiger charge is 2.18. The van der Waals surface area contributed by atoms with E-state index in [0.29, 0.717) is 13.0 Å². The lowest BCUT2D eigenvalue weighted by Crippen LogP contribution is -2.43. The Kier molecular flexibility index (Phi) is 6.52. The predicted octanol–water partition coefficient (Wildman–Crippen LogP) is 0.716. The van der Waals surface area contributed by atoms with Crippen molar-refractivity contribution in [3.05, 3.63) is 29.8 Å². The fraction of sp³-hybridized carbons (Fsp3) is 0.429. The van der Waals surface area contributed by atoms with Crippen molar-refractivity contribution in [3.8, 4) is 5.75 Å². The number of carbonyl (C=O) groups is 2. The molecule has 0 bridgehead atoms. The fourth-order valence-corrected chi connectivity index (χ4v) is 1.59. The molecule has 20 heavy (non-hydrogen) atoms. The minimum Gasteiger partial charge on any atom is -0.493 e. The summed E-state index contributed by atoms with van der Waals surface area (Å²) in [5, 5.41) is 19.7. The van der Waals surface area contributed by atoms with E-state index in [1.54, 1.807) is 0 Å². The molecule has 0 saturated carbocycles. The van der Waals surface area contributed by atoms with Gasteiger partial charge in [0, 0.05) is 6.42 Å². The summed E-state index contributed by atoms with van der Waals surface area (Å²) in [7, 11) is 0. The molecule has 0 heterocycles. The van der Waals surface area contributed by atoms with E-state index in [2.05, 4.69) is 5.32 Å². The quantitative estimate of drug-likeness (QED) is 0.610. The molecule has 1 atom stereocenters. The molecule has 0 aliphatic carbocycles. The number of aryl methyl sites for hydroxylation is 1. The summed E-state index contributed by atoms with van der Waals surface area (Å²) in [6, 6.07) is 6.31. The second kappa shape index (κ2) is 8.16. The van der Waals surface area contributed by atoms with Crippen LogP contribution in [0.25, 0.3) is 0 Å². The number of hydrogen-bond donors (Lipinski definition) is 3. The maximum Gasteiger partial charge on any atom is 0.328 e. The molecule has 1 amide bonds. The van der Waals surface area contributed by atoms with Gasteiger partial charge in [0.25, 0.3) is 0 Å². The molecule has 1 rings (SSSR count). The first-order chi connectivity index (χ1) is 9.54. The number of carbonyl (C=O) groups excluding carboxylic acids is 1. The van der Waals surface area contributed by atoms with Crippen LogP contribution in [0, 0.1) is 6.92 Å². The van der Waals surface area contributed by atoms with Crippen molar-refractivity contribution >= 4 is 11.9 Å². The van der Waals surface area contributed by atoms with E-state index >= 15 is 0 Å². The molecule has 1 aromatic carbocycles.